The highest BCUT2D eigenvalue weighted by Gasteiger charge is 2.18. The molecule has 2 unspecified atom stereocenters. The van der Waals surface area contributed by atoms with Crippen LogP contribution in [-0.4, -0.2) is 30.7 Å². The highest BCUT2D eigenvalue weighted by atomic mass is 79.9. The first-order valence-corrected chi connectivity index (χ1v) is 9.60. The van der Waals surface area contributed by atoms with E-state index >= 15 is 0 Å². The second kappa shape index (κ2) is 6.83. The molecule has 0 heterocycles. The monoisotopic (exact) mass is 368 g/mol. The Bertz CT molecular complexity index is 575. The average molecular weight is 369 g/mol. The van der Waals surface area contributed by atoms with Crippen LogP contribution in [0.5, 0.6) is 0 Å². The molecule has 0 aliphatic carbocycles. The number of halogens is 1. The van der Waals surface area contributed by atoms with Gasteiger partial charge in [0.05, 0.1) is 4.90 Å². The number of hydrogen-bond acceptors (Lipinski definition) is 4. The van der Waals surface area contributed by atoms with Crippen LogP contribution in [0.15, 0.2) is 27.6 Å². The first-order chi connectivity index (χ1) is 8.72. The molecule has 0 amide bonds. The molecule has 1 rings (SSSR count). The first kappa shape index (κ1) is 16.6. The van der Waals surface area contributed by atoms with Gasteiger partial charge in [0.15, 0.2) is 0 Å². The van der Waals surface area contributed by atoms with Crippen molar-refractivity contribution in [3.8, 4) is 0 Å². The SMILES string of the molecule is CC(CCS(C)=O)NS(=O)(=O)c1ccc(N)c(Br)c1. The second-order valence-electron chi connectivity index (χ2n) is 4.27. The molecule has 0 aliphatic heterocycles. The predicted molar refractivity (Wildman–Crippen MR) is 81.9 cm³/mol. The van der Waals surface area contributed by atoms with Crippen LogP contribution < -0.4 is 10.5 Å². The number of rotatable bonds is 6. The van der Waals surface area contributed by atoms with Gasteiger partial charge in [-0.15, -0.1) is 0 Å². The molecule has 0 spiro atoms. The van der Waals surface area contributed by atoms with Gasteiger partial charge in [0.2, 0.25) is 10.0 Å². The van der Waals surface area contributed by atoms with Gasteiger partial charge >= 0.3 is 0 Å². The zero-order valence-corrected chi connectivity index (χ0v) is 13.9. The first-order valence-electron chi connectivity index (χ1n) is 5.60. The van der Waals surface area contributed by atoms with Gasteiger partial charge < -0.3 is 5.73 Å². The quantitative estimate of drug-likeness (QED) is 0.743. The Kier molecular flexibility index (Phi) is 5.97. The van der Waals surface area contributed by atoms with Crippen LogP contribution in [0.3, 0.4) is 0 Å². The lowest BCUT2D eigenvalue weighted by Gasteiger charge is -2.14. The van der Waals surface area contributed by atoms with Gasteiger partial charge in [-0.3, -0.25) is 4.21 Å². The molecule has 5 nitrogen and oxygen atoms in total. The van der Waals surface area contributed by atoms with Crippen molar-refractivity contribution in [3.05, 3.63) is 22.7 Å². The molecular weight excluding hydrogens is 352 g/mol. The van der Waals surface area contributed by atoms with Gasteiger partial charge in [-0.1, -0.05) is 0 Å². The summed E-state index contributed by atoms with van der Waals surface area (Å²) >= 11 is 3.20. The molecule has 0 radical (unpaired) electrons. The van der Waals surface area contributed by atoms with E-state index in [1.807, 2.05) is 0 Å². The molecule has 0 bridgehead atoms. The van der Waals surface area contributed by atoms with E-state index in [0.29, 0.717) is 22.3 Å². The maximum absolute atomic E-state index is 12.1. The van der Waals surface area contributed by atoms with E-state index in [-0.39, 0.29) is 10.9 Å². The van der Waals surface area contributed by atoms with Gasteiger partial charge in [-0.25, -0.2) is 13.1 Å². The molecule has 3 N–H and O–H groups in total. The Morgan fingerprint density at radius 3 is 2.63 bits per heavy atom. The van der Waals surface area contributed by atoms with Crippen molar-refractivity contribution in [3.63, 3.8) is 0 Å². The number of nitrogens with one attached hydrogen (secondary N) is 1. The summed E-state index contributed by atoms with van der Waals surface area (Å²) in [6.45, 7) is 1.75. The van der Waals surface area contributed by atoms with Gasteiger partial charge in [0, 0.05) is 39.0 Å². The van der Waals surface area contributed by atoms with Crippen LogP contribution in [0.1, 0.15) is 13.3 Å². The van der Waals surface area contributed by atoms with Crippen LogP contribution in [0.4, 0.5) is 5.69 Å². The van der Waals surface area contributed by atoms with Crippen molar-refractivity contribution < 1.29 is 12.6 Å². The maximum atomic E-state index is 12.1. The van der Waals surface area contributed by atoms with E-state index < -0.39 is 20.8 Å². The van der Waals surface area contributed by atoms with Crippen LogP contribution in [0, 0.1) is 0 Å². The van der Waals surface area contributed by atoms with E-state index in [0.717, 1.165) is 0 Å². The number of anilines is 1. The van der Waals surface area contributed by atoms with Crippen LogP contribution >= 0.6 is 15.9 Å². The molecule has 8 heteroatoms. The number of hydrogen-bond donors (Lipinski definition) is 2. The smallest absolute Gasteiger partial charge is 0.240 e. The number of nitrogen functional groups attached to an aromatic ring is 1. The Morgan fingerprint density at radius 2 is 2.11 bits per heavy atom. The van der Waals surface area contributed by atoms with E-state index in [9.17, 15) is 12.6 Å². The number of sulfonamides is 1. The molecule has 108 valence electrons. The lowest BCUT2D eigenvalue weighted by atomic mass is 10.3. The summed E-state index contributed by atoms with van der Waals surface area (Å²) < 4.78 is 38.3. The molecule has 0 aliphatic rings. The molecule has 0 saturated carbocycles. The third-order valence-corrected chi connectivity index (χ3v) is 5.56. The molecule has 1 aromatic rings. The zero-order chi connectivity index (χ0) is 14.6. The molecule has 0 fully saturated rings. The summed E-state index contributed by atoms with van der Waals surface area (Å²) in [7, 11) is -4.51. The van der Waals surface area contributed by atoms with Crippen molar-refractivity contribution >= 4 is 42.4 Å². The lowest BCUT2D eigenvalue weighted by molar-refractivity contribution is 0.555. The maximum Gasteiger partial charge on any atom is 0.240 e. The number of nitrogens with two attached hydrogens (primary N) is 1. The Morgan fingerprint density at radius 1 is 1.47 bits per heavy atom. The van der Waals surface area contributed by atoms with Gasteiger partial charge in [-0.2, -0.15) is 0 Å². The fourth-order valence-electron chi connectivity index (χ4n) is 1.41. The molecular formula is C11H17BrN2O3S2. The predicted octanol–water partition coefficient (Wildman–Crippen LogP) is 1.47. The van der Waals surface area contributed by atoms with Crippen molar-refractivity contribution in [2.45, 2.75) is 24.3 Å². The molecule has 1 aromatic carbocycles. The Hall–Kier alpha value is -0.440. The minimum atomic E-state index is -3.58. The van der Waals surface area contributed by atoms with E-state index in [1.54, 1.807) is 13.2 Å². The molecule has 0 aromatic heterocycles. The third-order valence-electron chi connectivity index (χ3n) is 2.48. The summed E-state index contributed by atoms with van der Waals surface area (Å²) in [6, 6.07) is 4.17. The molecule has 2 atom stereocenters. The van der Waals surface area contributed by atoms with Crippen molar-refractivity contribution in [2.75, 3.05) is 17.7 Å². The summed E-state index contributed by atoms with van der Waals surface area (Å²) in [6.07, 6.45) is 2.12. The topological polar surface area (TPSA) is 89.3 Å². The van der Waals surface area contributed by atoms with E-state index in [4.69, 9.17) is 5.73 Å². The van der Waals surface area contributed by atoms with Crippen molar-refractivity contribution in [1.82, 2.24) is 4.72 Å². The van der Waals surface area contributed by atoms with Crippen LogP contribution in [0.25, 0.3) is 0 Å². The molecule has 19 heavy (non-hydrogen) atoms. The van der Waals surface area contributed by atoms with Crippen LogP contribution in [-0.2, 0) is 20.8 Å². The largest absolute Gasteiger partial charge is 0.398 e. The fourth-order valence-corrected chi connectivity index (χ4v) is 3.93. The lowest BCUT2D eigenvalue weighted by Crippen LogP contribution is -2.33. The second-order valence-corrected chi connectivity index (χ2v) is 8.39. The summed E-state index contributed by atoms with van der Waals surface area (Å²) in [4.78, 5) is 0.151. The number of benzene rings is 1. The Labute approximate surface area is 124 Å². The highest BCUT2D eigenvalue weighted by molar-refractivity contribution is 9.10. The standard InChI is InChI=1S/C11H17BrN2O3S2/c1-8(5-6-18(2)15)14-19(16,17)9-3-4-11(13)10(12)7-9/h3-4,7-8,14H,5-6,13H2,1-2H3. The van der Waals surface area contributed by atoms with Crippen molar-refractivity contribution in [2.24, 2.45) is 0 Å². The summed E-state index contributed by atoms with van der Waals surface area (Å²) in [5.41, 5.74) is 6.10. The van der Waals surface area contributed by atoms with Crippen molar-refractivity contribution in [1.29, 1.82) is 0 Å². The molecule has 0 saturated heterocycles. The van der Waals surface area contributed by atoms with Gasteiger partial charge in [-0.05, 0) is 47.5 Å². The fraction of sp³-hybridized carbons (Fsp3) is 0.455. The highest BCUT2D eigenvalue weighted by Crippen LogP contribution is 2.23. The summed E-state index contributed by atoms with van der Waals surface area (Å²) in [5, 5.41) is 0. The summed E-state index contributed by atoms with van der Waals surface area (Å²) in [5.74, 6) is 0.467. The average Bonchev–Trinajstić information content (AvgIpc) is 2.29. The van der Waals surface area contributed by atoms with Gasteiger partial charge in [0.1, 0.15) is 0 Å². The van der Waals surface area contributed by atoms with Gasteiger partial charge in [0.25, 0.3) is 0 Å². The normalized spacial score (nSPS) is 15.1. The Balaban J connectivity index is 2.80. The minimum Gasteiger partial charge on any atom is -0.398 e. The zero-order valence-electron chi connectivity index (χ0n) is 10.7. The van der Waals surface area contributed by atoms with E-state index in [2.05, 4.69) is 20.7 Å². The third kappa shape index (κ3) is 5.21. The minimum absolute atomic E-state index is 0.151. The van der Waals surface area contributed by atoms with Crippen LogP contribution in [0.2, 0.25) is 0 Å². The van der Waals surface area contributed by atoms with E-state index in [1.165, 1.54) is 18.2 Å².